The summed E-state index contributed by atoms with van der Waals surface area (Å²) >= 11 is 1.75. The number of rotatable bonds is 7. The lowest BCUT2D eigenvalue weighted by atomic mass is 10.1. The van der Waals surface area contributed by atoms with Crippen LogP contribution < -0.4 is 0 Å². The van der Waals surface area contributed by atoms with Crippen LogP contribution in [0.4, 0.5) is 0 Å². The third kappa shape index (κ3) is 5.26. The van der Waals surface area contributed by atoms with Crippen molar-refractivity contribution in [3.8, 4) is 0 Å². The van der Waals surface area contributed by atoms with E-state index in [0.29, 0.717) is 5.92 Å². The van der Waals surface area contributed by atoms with E-state index in [0.717, 1.165) is 17.7 Å². The van der Waals surface area contributed by atoms with Crippen molar-refractivity contribution in [3.05, 3.63) is 35.9 Å². The van der Waals surface area contributed by atoms with Gasteiger partial charge in [-0.3, -0.25) is 4.79 Å². The van der Waals surface area contributed by atoms with Gasteiger partial charge in [0, 0.05) is 5.25 Å². The Morgan fingerprint density at radius 3 is 2.53 bits per heavy atom. The number of carboxylic acids is 1. The van der Waals surface area contributed by atoms with E-state index in [-0.39, 0.29) is 11.7 Å². The van der Waals surface area contributed by atoms with Crippen molar-refractivity contribution >= 4 is 17.7 Å². The molecular weight excluding hydrogens is 232 g/mol. The van der Waals surface area contributed by atoms with Gasteiger partial charge >= 0.3 is 5.97 Å². The minimum Gasteiger partial charge on any atom is -0.481 e. The van der Waals surface area contributed by atoms with Gasteiger partial charge in [0.1, 0.15) is 0 Å². The molecule has 17 heavy (non-hydrogen) atoms. The Bertz CT molecular complexity index is 337. The maximum absolute atomic E-state index is 10.9. The Labute approximate surface area is 107 Å². The topological polar surface area (TPSA) is 37.3 Å². The van der Waals surface area contributed by atoms with Crippen molar-refractivity contribution in [1.29, 1.82) is 0 Å². The van der Waals surface area contributed by atoms with Crippen LogP contribution in [0.1, 0.15) is 37.5 Å². The molecule has 1 aromatic rings. The minimum absolute atomic E-state index is 0.0719. The monoisotopic (exact) mass is 252 g/mol. The fraction of sp³-hybridized carbons (Fsp3) is 0.500. The first-order valence-corrected chi connectivity index (χ1v) is 7.06. The third-order valence-corrected chi connectivity index (χ3v) is 4.41. The highest BCUT2D eigenvalue weighted by Crippen LogP contribution is 2.33. The lowest BCUT2D eigenvalue weighted by molar-refractivity contribution is -0.137. The molecule has 0 fully saturated rings. The van der Waals surface area contributed by atoms with Crippen molar-refractivity contribution in [3.63, 3.8) is 0 Å². The van der Waals surface area contributed by atoms with Crippen LogP contribution in [-0.2, 0) is 4.79 Å². The molecule has 2 unspecified atom stereocenters. The average molecular weight is 252 g/mol. The summed E-state index contributed by atoms with van der Waals surface area (Å²) in [6.45, 7) is 4.37. The van der Waals surface area contributed by atoms with Crippen LogP contribution >= 0.6 is 11.8 Å². The summed E-state index contributed by atoms with van der Waals surface area (Å²) in [5.41, 5.74) is 1.11. The molecule has 0 heterocycles. The number of hydrogen-bond donors (Lipinski definition) is 1. The van der Waals surface area contributed by atoms with E-state index in [1.54, 1.807) is 11.8 Å². The van der Waals surface area contributed by atoms with Crippen LogP contribution in [0.25, 0.3) is 0 Å². The zero-order valence-corrected chi connectivity index (χ0v) is 11.2. The highest BCUT2D eigenvalue weighted by Gasteiger charge is 2.16. The molecule has 1 N–H and O–H groups in total. The summed E-state index contributed by atoms with van der Waals surface area (Å²) in [6.07, 6.45) is 1.34. The fourth-order valence-electron chi connectivity index (χ4n) is 1.50. The fourth-order valence-corrected chi connectivity index (χ4v) is 2.90. The van der Waals surface area contributed by atoms with E-state index in [2.05, 4.69) is 13.8 Å². The molecule has 94 valence electrons. The van der Waals surface area contributed by atoms with Gasteiger partial charge in [-0.1, -0.05) is 50.6 Å². The molecule has 0 radical (unpaired) electrons. The molecule has 0 saturated carbocycles. The molecule has 0 spiro atoms. The van der Waals surface area contributed by atoms with E-state index in [4.69, 9.17) is 5.11 Å². The van der Waals surface area contributed by atoms with Crippen LogP contribution in [0.3, 0.4) is 0 Å². The molecule has 0 aliphatic rings. The second-order valence-electron chi connectivity index (χ2n) is 4.34. The third-order valence-electron chi connectivity index (χ3n) is 2.81. The normalized spacial score (nSPS) is 14.2. The Kier molecular flexibility index (Phi) is 6.12. The number of benzene rings is 1. The molecule has 2 atom stereocenters. The molecule has 0 aromatic heterocycles. The van der Waals surface area contributed by atoms with Crippen LogP contribution in [0.2, 0.25) is 0 Å². The Morgan fingerprint density at radius 2 is 2.00 bits per heavy atom. The van der Waals surface area contributed by atoms with Crippen LogP contribution in [0.5, 0.6) is 0 Å². The molecule has 3 heteroatoms. The van der Waals surface area contributed by atoms with Gasteiger partial charge in [0.05, 0.1) is 6.42 Å². The summed E-state index contributed by atoms with van der Waals surface area (Å²) in [4.78, 5) is 10.9. The highest BCUT2D eigenvalue weighted by atomic mass is 32.2. The van der Waals surface area contributed by atoms with Crippen molar-refractivity contribution in [2.24, 2.45) is 5.92 Å². The van der Waals surface area contributed by atoms with Gasteiger partial charge in [0.2, 0.25) is 0 Å². The van der Waals surface area contributed by atoms with Crippen LogP contribution in [-0.4, -0.2) is 16.8 Å². The predicted octanol–water partition coefficient (Wildman–Crippen LogP) is 3.98. The zero-order chi connectivity index (χ0) is 12.7. The average Bonchev–Trinajstić information content (AvgIpc) is 2.34. The van der Waals surface area contributed by atoms with Gasteiger partial charge < -0.3 is 5.11 Å². The molecule has 0 saturated heterocycles. The first kappa shape index (κ1) is 14.1. The van der Waals surface area contributed by atoms with E-state index >= 15 is 0 Å². The number of carboxylic acid groups (broad SMARTS) is 1. The van der Waals surface area contributed by atoms with Crippen LogP contribution in [0, 0.1) is 5.92 Å². The van der Waals surface area contributed by atoms with Gasteiger partial charge in [0.15, 0.2) is 0 Å². The largest absolute Gasteiger partial charge is 0.481 e. The quantitative estimate of drug-likeness (QED) is 0.797. The van der Waals surface area contributed by atoms with Gasteiger partial charge in [-0.15, -0.1) is 0 Å². The molecular formula is C14H20O2S. The van der Waals surface area contributed by atoms with Gasteiger partial charge in [-0.05, 0) is 17.2 Å². The van der Waals surface area contributed by atoms with E-state index in [1.165, 1.54) is 0 Å². The van der Waals surface area contributed by atoms with Crippen molar-refractivity contribution < 1.29 is 9.90 Å². The summed E-state index contributed by atoms with van der Waals surface area (Å²) in [5, 5.41) is 9.03. The molecule has 1 rings (SSSR count). The predicted molar refractivity (Wildman–Crippen MR) is 73.3 cm³/mol. The minimum atomic E-state index is -0.726. The Balaban J connectivity index is 2.64. The number of carbonyl (C=O) groups is 1. The van der Waals surface area contributed by atoms with Gasteiger partial charge in [0.25, 0.3) is 0 Å². The zero-order valence-electron chi connectivity index (χ0n) is 10.4. The SMILES string of the molecule is CCC(C)CSC(CC(=O)O)c1ccccc1. The number of hydrogen-bond acceptors (Lipinski definition) is 2. The first-order chi connectivity index (χ1) is 8.13. The lowest BCUT2D eigenvalue weighted by Gasteiger charge is -2.17. The maximum Gasteiger partial charge on any atom is 0.304 e. The van der Waals surface area contributed by atoms with Crippen molar-refractivity contribution in [2.45, 2.75) is 31.9 Å². The van der Waals surface area contributed by atoms with Crippen molar-refractivity contribution in [1.82, 2.24) is 0 Å². The van der Waals surface area contributed by atoms with Crippen molar-refractivity contribution in [2.75, 3.05) is 5.75 Å². The maximum atomic E-state index is 10.9. The number of aliphatic carboxylic acids is 1. The first-order valence-electron chi connectivity index (χ1n) is 6.01. The van der Waals surface area contributed by atoms with Crippen LogP contribution in [0.15, 0.2) is 30.3 Å². The Morgan fingerprint density at radius 1 is 1.35 bits per heavy atom. The summed E-state index contributed by atoms with van der Waals surface area (Å²) in [6, 6.07) is 9.91. The van der Waals surface area contributed by atoms with Gasteiger partial charge in [-0.2, -0.15) is 11.8 Å². The molecule has 2 nitrogen and oxygen atoms in total. The molecule has 0 bridgehead atoms. The number of thioether (sulfide) groups is 1. The lowest BCUT2D eigenvalue weighted by Crippen LogP contribution is -2.06. The molecule has 0 amide bonds. The Hall–Kier alpha value is -0.960. The second kappa shape index (κ2) is 7.38. The van der Waals surface area contributed by atoms with E-state index < -0.39 is 5.97 Å². The highest BCUT2D eigenvalue weighted by molar-refractivity contribution is 7.99. The second-order valence-corrected chi connectivity index (χ2v) is 5.58. The van der Waals surface area contributed by atoms with E-state index in [1.807, 2.05) is 30.3 Å². The summed E-state index contributed by atoms with van der Waals surface area (Å²) in [5.74, 6) is 0.930. The van der Waals surface area contributed by atoms with Gasteiger partial charge in [-0.25, -0.2) is 0 Å². The standard InChI is InChI=1S/C14H20O2S/c1-3-11(2)10-17-13(9-14(15)16)12-7-5-4-6-8-12/h4-8,11,13H,3,9-10H2,1-2H3,(H,15,16). The summed E-state index contributed by atoms with van der Waals surface area (Å²) in [7, 11) is 0. The summed E-state index contributed by atoms with van der Waals surface area (Å²) < 4.78 is 0. The molecule has 0 aliphatic heterocycles. The van der Waals surface area contributed by atoms with E-state index in [9.17, 15) is 4.79 Å². The smallest absolute Gasteiger partial charge is 0.304 e. The molecule has 1 aromatic carbocycles. The molecule has 0 aliphatic carbocycles.